The zero-order valence-corrected chi connectivity index (χ0v) is 20.4. The number of anilines is 2. The SMILES string of the molecule is C[C@@H](COCCC(=O)N1CCN(c2ncc(C3CC3)cn2)C[C@H]1CO)Nc1cn[nH]c(=O)c1C(F)(F)F. The average Bonchev–Trinajstić information content (AvgIpc) is 3.71. The fourth-order valence-electron chi connectivity index (χ4n) is 4.30. The molecule has 0 radical (unpaired) electrons. The number of hydrogen-bond donors (Lipinski definition) is 3. The number of aliphatic hydroxyl groups is 1. The van der Waals surface area contributed by atoms with Gasteiger partial charge in [-0.1, -0.05) is 0 Å². The van der Waals surface area contributed by atoms with E-state index in [0.29, 0.717) is 31.5 Å². The van der Waals surface area contributed by atoms with E-state index in [9.17, 15) is 27.9 Å². The van der Waals surface area contributed by atoms with Gasteiger partial charge in [0.25, 0.3) is 5.56 Å². The molecule has 1 amide bonds. The first-order valence-corrected chi connectivity index (χ1v) is 12.1. The van der Waals surface area contributed by atoms with E-state index >= 15 is 0 Å². The summed E-state index contributed by atoms with van der Waals surface area (Å²) >= 11 is 0. The second kappa shape index (κ2) is 11.4. The van der Waals surface area contributed by atoms with Gasteiger partial charge in [-0.15, -0.1) is 0 Å². The van der Waals surface area contributed by atoms with Crippen LogP contribution in [0.25, 0.3) is 0 Å². The van der Waals surface area contributed by atoms with Gasteiger partial charge >= 0.3 is 6.18 Å². The van der Waals surface area contributed by atoms with E-state index in [1.165, 1.54) is 12.8 Å². The molecule has 0 spiro atoms. The molecule has 37 heavy (non-hydrogen) atoms. The molecule has 2 atom stereocenters. The molecule has 1 aliphatic heterocycles. The number of carbonyl (C=O) groups is 1. The number of aromatic amines is 1. The van der Waals surface area contributed by atoms with E-state index in [1.54, 1.807) is 16.9 Å². The van der Waals surface area contributed by atoms with Crippen molar-refractivity contribution in [2.45, 2.75) is 50.4 Å². The van der Waals surface area contributed by atoms with Crippen molar-refractivity contribution < 1.29 is 27.8 Å². The Balaban J connectivity index is 1.22. The normalized spacial score (nSPS) is 19.1. The third kappa shape index (κ3) is 6.74. The lowest BCUT2D eigenvalue weighted by atomic mass is 10.1. The molecule has 202 valence electrons. The number of aliphatic hydroxyl groups excluding tert-OH is 1. The monoisotopic (exact) mass is 525 g/mol. The molecular formula is C23H30F3N7O4. The summed E-state index contributed by atoms with van der Waals surface area (Å²) < 4.78 is 45.0. The predicted octanol–water partition coefficient (Wildman–Crippen LogP) is 1.37. The van der Waals surface area contributed by atoms with Crippen LogP contribution in [-0.2, 0) is 15.7 Å². The Bertz CT molecular complexity index is 1120. The molecule has 11 nitrogen and oxygen atoms in total. The lowest BCUT2D eigenvalue weighted by Gasteiger charge is -2.40. The number of rotatable bonds is 10. The molecule has 2 aromatic heterocycles. The number of amides is 1. The van der Waals surface area contributed by atoms with Crippen LogP contribution in [0.3, 0.4) is 0 Å². The van der Waals surface area contributed by atoms with Gasteiger partial charge in [0, 0.05) is 38.1 Å². The summed E-state index contributed by atoms with van der Waals surface area (Å²) in [6, 6.07) is -1.00. The molecule has 2 fully saturated rings. The Kier molecular flexibility index (Phi) is 8.27. The molecule has 1 saturated carbocycles. The summed E-state index contributed by atoms with van der Waals surface area (Å²) in [7, 11) is 0. The van der Waals surface area contributed by atoms with Crippen molar-refractivity contribution in [2.24, 2.45) is 0 Å². The van der Waals surface area contributed by atoms with Crippen LogP contribution in [0.15, 0.2) is 23.4 Å². The Labute approximate surface area is 211 Å². The van der Waals surface area contributed by atoms with Gasteiger partial charge in [-0.3, -0.25) is 9.59 Å². The molecule has 2 aliphatic rings. The van der Waals surface area contributed by atoms with Crippen LogP contribution in [0.2, 0.25) is 0 Å². The lowest BCUT2D eigenvalue weighted by molar-refractivity contribution is -0.138. The van der Waals surface area contributed by atoms with Gasteiger partial charge in [0.15, 0.2) is 0 Å². The van der Waals surface area contributed by atoms with Crippen LogP contribution in [0.1, 0.15) is 43.2 Å². The van der Waals surface area contributed by atoms with Crippen molar-refractivity contribution in [2.75, 3.05) is 49.7 Å². The Morgan fingerprint density at radius 2 is 2.00 bits per heavy atom. The fourth-order valence-corrected chi connectivity index (χ4v) is 4.30. The highest BCUT2D eigenvalue weighted by atomic mass is 19.4. The maximum absolute atomic E-state index is 13.2. The van der Waals surface area contributed by atoms with E-state index in [2.05, 4.69) is 20.4 Å². The Hall–Kier alpha value is -3.26. The molecule has 0 bridgehead atoms. The molecular weight excluding hydrogens is 495 g/mol. The van der Waals surface area contributed by atoms with Gasteiger partial charge in [-0.05, 0) is 31.2 Å². The van der Waals surface area contributed by atoms with Crippen LogP contribution in [0.5, 0.6) is 0 Å². The van der Waals surface area contributed by atoms with Crippen molar-refractivity contribution >= 4 is 17.5 Å². The summed E-state index contributed by atoms with van der Waals surface area (Å²) in [6.07, 6.45) is 2.12. The number of nitrogens with zero attached hydrogens (tertiary/aromatic N) is 5. The minimum Gasteiger partial charge on any atom is -0.394 e. The van der Waals surface area contributed by atoms with Crippen LogP contribution in [0.4, 0.5) is 24.8 Å². The highest BCUT2D eigenvalue weighted by molar-refractivity contribution is 5.77. The molecule has 1 saturated heterocycles. The maximum atomic E-state index is 13.2. The first kappa shape index (κ1) is 26.8. The summed E-state index contributed by atoms with van der Waals surface area (Å²) in [6.45, 7) is 2.75. The van der Waals surface area contributed by atoms with Crippen LogP contribution in [0, 0.1) is 0 Å². The quantitative estimate of drug-likeness (QED) is 0.393. The Morgan fingerprint density at radius 3 is 2.65 bits per heavy atom. The highest BCUT2D eigenvalue weighted by Crippen LogP contribution is 2.39. The van der Waals surface area contributed by atoms with Gasteiger partial charge in [-0.2, -0.15) is 18.3 Å². The van der Waals surface area contributed by atoms with E-state index in [4.69, 9.17) is 4.74 Å². The summed E-state index contributed by atoms with van der Waals surface area (Å²) in [5, 5.41) is 17.7. The van der Waals surface area contributed by atoms with Crippen LogP contribution < -0.4 is 15.8 Å². The standard InChI is InChI=1S/C23H30F3N7O4/c1-14(30-18-10-29-31-21(36)20(18)23(24,25)26)13-37-7-4-19(35)33-6-5-32(11-17(33)12-34)22-27-8-16(9-28-22)15-2-3-15/h8-10,14-15,17,34H,2-7,11-13H2,1H3,(H2,30,31,36)/t14-,17-/m0/s1. The molecule has 0 unspecified atom stereocenters. The minimum atomic E-state index is -4.84. The fraction of sp³-hybridized carbons (Fsp3) is 0.609. The second-order valence-electron chi connectivity index (χ2n) is 9.32. The van der Waals surface area contributed by atoms with Crippen molar-refractivity contribution in [1.29, 1.82) is 0 Å². The smallest absolute Gasteiger partial charge is 0.394 e. The van der Waals surface area contributed by atoms with E-state index in [0.717, 1.165) is 11.8 Å². The van der Waals surface area contributed by atoms with Crippen molar-refractivity contribution in [3.8, 4) is 0 Å². The molecule has 0 aromatic carbocycles. The zero-order chi connectivity index (χ0) is 26.6. The number of alkyl halides is 3. The lowest BCUT2D eigenvalue weighted by Crippen LogP contribution is -2.57. The predicted molar refractivity (Wildman–Crippen MR) is 127 cm³/mol. The van der Waals surface area contributed by atoms with Gasteiger partial charge in [0.2, 0.25) is 11.9 Å². The van der Waals surface area contributed by atoms with Crippen LogP contribution in [-0.4, -0.2) is 87.6 Å². The summed E-state index contributed by atoms with van der Waals surface area (Å²) in [4.78, 5) is 36.8. The summed E-state index contributed by atoms with van der Waals surface area (Å²) in [5.41, 5.74) is -2.01. The molecule has 1 aliphatic carbocycles. The number of piperazine rings is 1. The average molecular weight is 526 g/mol. The van der Waals surface area contributed by atoms with Gasteiger partial charge in [0.05, 0.1) is 44.2 Å². The van der Waals surface area contributed by atoms with Gasteiger partial charge < -0.3 is 25.0 Å². The molecule has 2 aromatic rings. The molecule has 3 heterocycles. The van der Waals surface area contributed by atoms with E-state index in [1.807, 2.05) is 17.3 Å². The number of aromatic nitrogens is 4. The van der Waals surface area contributed by atoms with Crippen molar-refractivity contribution in [1.82, 2.24) is 25.1 Å². The zero-order valence-electron chi connectivity index (χ0n) is 20.4. The second-order valence-corrected chi connectivity index (χ2v) is 9.32. The van der Waals surface area contributed by atoms with Gasteiger partial charge in [-0.25, -0.2) is 15.1 Å². The van der Waals surface area contributed by atoms with Crippen LogP contribution >= 0.6 is 0 Å². The number of halogens is 3. The van der Waals surface area contributed by atoms with Gasteiger partial charge in [0.1, 0.15) is 5.56 Å². The van der Waals surface area contributed by atoms with Crippen molar-refractivity contribution in [3.63, 3.8) is 0 Å². The largest absolute Gasteiger partial charge is 0.423 e. The molecule has 4 rings (SSSR count). The van der Waals surface area contributed by atoms with E-state index in [-0.39, 0.29) is 32.1 Å². The summed E-state index contributed by atoms with van der Waals surface area (Å²) in [5.74, 6) is 0.943. The first-order chi connectivity index (χ1) is 17.7. The third-order valence-electron chi connectivity index (χ3n) is 6.37. The number of hydrogen-bond acceptors (Lipinski definition) is 9. The molecule has 14 heteroatoms. The topological polar surface area (TPSA) is 137 Å². The maximum Gasteiger partial charge on any atom is 0.423 e. The van der Waals surface area contributed by atoms with Crippen molar-refractivity contribution in [3.05, 3.63) is 40.1 Å². The molecule has 3 N–H and O–H groups in total. The third-order valence-corrected chi connectivity index (χ3v) is 6.37. The Morgan fingerprint density at radius 1 is 1.27 bits per heavy atom. The first-order valence-electron chi connectivity index (χ1n) is 12.1. The number of nitrogens with one attached hydrogen (secondary N) is 2. The highest BCUT2D eigenvalue weighted by Gasteiger charge is 2.37. The number of carbonyl (C=O) groups excluding carboxylic acids is 1. The van der Waals surface area contributed by atoms with E-state index < -0.39 is 35.1 Å². The number of H-pyrrole nitrogens is 1. The number of ether oxygens (including phenoxy) is 1. The minimum absolute atomic E-state index is 0.00275.